The third kappa shape index (κ3) is 1.46. The van der Waals surface area contributed by atoms with E-state index in [0.717, 1.165) is 11.1 Å². The standard InChI is InChI=1S/C11H11FN2/c1-13-7-8-4-5-10(12)9-3-2-6-14-11(8)9/h2-6,13H,7H2,1H3. The van der Waals surface area contributed by atoms with Gasteiger partial charge in [-0.3, -0.25) is 4.98 Å². The molecule has 0 bridgehead atoms. The van der Waals surface area contributed by atoms with Crippen molar-refractivity contribution in [2.45, 2.75) is 6.54 Å². The lowest BCUT2D eigenvalue weighted by Gasteiger charge is -2.05. The molecule has 14 heavy (non-hydrogen) atoms. The average Bonchev–Trinajstić information content (AvgIpc) is 2.23. The number of nitrogens with one attached hydrogen (secondary N) is 1. The lowest BCUT2D eigenvalue weighted by molar-refractivity contribution is 0.638. The molecule has 2 aromatic rings. The molecule has 0 amide bonds. The Labute approximate surface area is 81.8 Å². The Balaban J connectivity index is 2.68. The predicted molar refractivity (Wildman–Crippen MR) is 54.5 cm³/mol. The molecule has 0 fully saturated rings. The molecule has 72 valence electrons. The summed E-state index contributed by atoms with van der Waals surface area (Å²) < 4.78 is 13.3. The molecule has 0 saturated heterocycles. The van der Waals surface area contributed by atoms with Crippen molar-refractivity contribution in [3.63, 3.8) is 0 Å². The van der Waals surface area contributed by atoms with Gasteiger partial charge in [-0.15, -0.1) is 0 Å². The van der Waals surface area contributed by atoms with Gasteiger partial charge in [-0.2, -0.15) is 0 Å². The molecule has 3 heteroatoms. The SMILES string of the molecule is CNCc1ccc(F)c2cccnc12. The molecule has 0 saturated carbocycles. The first kappa shape index (κ1) is 9.09. The highest BCUT2D eigenvalue weighted by Gasteiger charge is 2.04. The molecule has 0 atom stereocenters. The molecule has 1 N–H and O–H groups in total. The van der Waals surface area contributed by atoms with Crippen molar-refractivity contribution < 1.29 is 4.39 Å². The minimum Gasteiger partial charge on any atom is -0.316 e. The lowest BCUT2D eigenvalue weighted by Crippen LogP contribution is -2.06. The smallest absolute Gasteiger partial charge is 0.132 e. The number of hydrogen-bond donors (Lipinski definition) is 1. The lowest BCUT2D eigenvalue weighted by atomic mass is 10.1. The number of aromatic nitrogens is 1. The summed E-state index contributed by atoms with van der Waals surface area (Å²) >= 11 is 0. The van der Waals surface area contributed by atoms with Crippen molar-refractivity contribution in [1.29, 1.82) is 0 Å². The van der Waals surface area contributed by atoms with E-state index in [-0.39, 0.29) is 5.82 Å². The van der Waals surface area contributed by atoms with Crippen molar-refractivity contribution >= 4 is 10.9 Å². The Bertz CT molecular complexity index is 454. The number of halogens is 1. The van der Waals surface area contributed by atoms with Gasteiger partial charge in [0, 0.05) is 18.1 Å². The second-order valence-corrected chi connectivity index (χ2v) is 3.14. The molecule has 2 rings (SSSR count). The van der Waals surface area contributed by atoms with Gasteiger partial charge in [0.15, 0.2) is 0 Å². The normalized spacial score (nSPS) is 10.7. The molecular formula is C11H11FN2. The van der Waals surface area contributed by atoms with Crippen LogP contribution in [0.2, 0.25) is 0 Å². The van der Waals surface area contributed by atoms with Gasteiger partial charge in [0.05, 0.1) is 5.52 Å². The van der Waals surface area contributed by atoms with Gasteiger partial charge in [-0.05, 0) is 30.8 Å². The zero-order valence-electron chi connectivity index (χ0n) is 7.92. The van der Waals surface area contributed by atoms with Crippen LogP contribution in [0, 0.1) is 5.82 Å². The van der Waals surface area contributed by atoms with Crippen LogP contribution in [0.5, 0.6) is 0 Å². The van der Waals surface area contributed by atoms with E-state index in [0.29, 0.717) is 11.9 Å². The maximum Gasteiger partial charge on any atom is 0.132 e. The van der Waals surface area contributed by atoms with E-state index < -0.39 is 0 Å². The van der Waals surface area contributed by atoms with Crippen molar-refractivity contribution in [1.82, 2.24) is 10.3 Å². The molecule has 2 nitrogen and oxygen atoms in total. The highest BCUT2D eigenvalue weighted by Crippen LogP contribution is 2.19. The summed E-state index contributed by atoms with van der Waals surface area (Å²) in [5.74, 6) is -0.215. The summed E-state index contributed by atoms with van der Waals surface area (Å²) in [4.78, 5) is 4.18. The predicted octanol–water partition coefficient (Wildman–Crippen LogP) is 2.09. The Morgan fingerprint density at radius 1 is 1.36 bits per heavy atom. The minimum atomic E-state index is -0.215. The Hall–Kier alpha value is -1.48. The summed E-state index contributed by atoms with van der Waals surface area (Å²) in [5.41, 5.74) is 1.76. The van der Waals surface area contributed by atoms with Crippen LogP contribution in [0.1, 0.15) is 5.56 Å². The van der Waals surface area contributed by atoms with Gasteiger partial charge in [0.1, 0.15) is 5.82 Å². The van der Waals surface area contributed by atoms with Gasteiger partial charge in [0.2, 0.25) is 0 Å². The number of fused-ring (bicyclic) bond motifs is 1. The topological polar surface area (TPSA) is 24.9 Å². The van der Waals surface area contributed by atoms with Crippen LogP contribution in [0.3, 0.4) is 0 Å². The van der Waals surface area contributed by atoms with Crippen LogP contribution < -0.4 is 5.32 Å². The third-order valence-electron chi connectivity index (χ3n) is 2.17. The summed E-state index contributed by atoms with van der Waals surface area (Å²) in [5, 5.41) is 3.62. The second-order valence-electron chi connectivity index (χ2n) is 3.14. The minimum absolute atomic E-state index is 0.215. The number of pyridine rings is 1. The fraction of sp³-hybridized carbons (Fsp3) is 0.182. The summed E-state index contributed by atoms with van der Waals surface area (Å²) in [6, 6.07) is 6.74. The van der Waals surface area contributed by atoms with E-state index in [2.05, 4.69) is 10.3 Å². The van der Waals surface area contributed by atoms with Gasteiger partial charge in [-0.25, -0.2) is 4.39 Å². The van der Waals surface area contributed by atoms with Crippen LogP contribution in [-0.4, -0.2) is 12.0 Å². The highest BCUT2D eigenvalue weighted by molar-refractivity contribution is 5.82. The number of hydrogen-bond acceptors (Lipinski definition) is 2. The van der Waals surface area contributed by atoms with E-state index in [1.165, 1.54) is 6.07 Å². The van der Waals surface area contributed by atoms with Crippen LogP contribution in [0.25, 0.3) is 10.9 Å². The Morgan fingerprint density at radius 2 is 2.21 bits per heavy atom. The Morgan fingerprint density at radius 3 is 3.00 bits per heavy atom. The Kier molecular flexibility index (Phi) is 2.41. The molecule has 0 spiro atoms. The number of rotatable bonds is 2. The monoisotopic (exact) mass is 190 g/mol. The van der Waals surface area contributed by atoms with Crippen molar-refractivity contribution in [3.8, 4) is 0 Å². The first-order chi connectivity index (χ1) is 6.83. The van der Waals surface area contributed by atoms with E-state index in [4.69, 9.17) is 0 Å². The maximum absolute atomic E-state index is 13.3. The van der Waals surface area contributed by atoms with Gasteiger partial charge in [-0.1, -0.05) is 6.07 Å². The van der Waals surface area contributed by atoms with Gasteiger partial charge in [0.25, 0.3) is 0 Å². The van der Waals surface area contributed by atoms with E-state index in [1.54, 1.807) is 24.4 Å². The molecule has 1 heterocycles. The molecule has 0 unspecified atom stereocenters. The van der Waals surface area contributed by atoms with E-state index >= 15 is 0 Å². The summed E-state index contributed by atoms with van der Waals surface area (Å²) in [6.07, 6.45) is 1.68. The third-order valence-corrected chi connectivity index (χ3v) is 2.17. The molecule has 0 aliphatic carbocycles. The second kappa shape index (κ2) is 3.72. The van der Waals surface area contributed by atoms with Crippen LogP contribution in [0.15, 0.2) is 30.5 Å². The van der Waals surface area contributed by atoms with Crippen molar-refractivity contribution in [2.24, 2.45) is 0 Å². The van der Waals surface area contributed by atoms with Crippen LogP contribution in [0.4, 0.5) is 4.39 Å². The fourth-order valence-electron chi connectivity index (χ4n) is 1.53. The van der Waals surface area contributed by atoms with Gasteiger partial charge >= 0.3 is 0 Å². The summed E-state index contributed by atoms with van der Waals surface area (Å²) in [7, 11) is 1.86. The molecular weight excluding hydrogens is 179 g/mol. The average molecular weight is 190 g/mol. The number of nitrogens with zero attached hydrogens (tertiary/aromatic N) is 1. The van der Waals surface area contributed by atoms with Crippen molar-refractivity contribution in [2.75, 3.05) is 7.05 Å². The van der Waals surface area contributed by atoms with Crippen molar-refractivity contribution in [3.05, 3.63) is 41.8 Å². The first-order valence-corrected chi connectivity index (χ1v) is 4.49. The maximum atomic E-state index is 13.3. The highest BCUT2D eigenvalue weighted by atomic mass is 19.1. The fourth-order valence-corrected chi connectivity index (χ4v) is 1.53. The molecule has 1 aromatic heterocycles. The van der Waals surface area contributed by atoms with Crippen LogP contribution in [-0.2, 0) is 6.54 Å². The summed E-state index contributed by atoms with van der Waals surface area (Å²) in [6.45, 7) is 0.702. The quantitative estimate of drug-likeness (QED) is 0.784. The van der Waals surface area contributed by atoms with Gasteiger partial charge < -0.3 is 5.32 Å². The first-order valence-electron chi connectivity index (χ1n) is 4.49. The molecule has 0 aliphatic rings. The zero-order valence-corrected chi connectivity index (χ0v) is 7.92. The molecule has 0 radical (unpaired) electrons. The van der Waals surface area contributed by atoms with Crippen LogP contribution >= 0.6 is 0 Å². The molecule has 0 aliphatic heterocycles. The molecule has 1 aromatic carbocycles. The largest absolute Gasteiger partial charge is 0.316 e. The number of benzene rings is 1. The van der Waals surface area contributed by atoms with E-state index in [1.807, 2.05) is 7.05 Å². The van der Waals surface area contributed by atoms with E-state index in [9.17, 15) is 4.39 Å². The zero-order chi connectivity index (χ0) is 9.97.